The van der Waals surface area contributed by atoms with E-state index < -0.39 is 33.4 Å². The van der Waals surface area contributed by atoms with Crippen molar-refractivity contribution in [2.75, 3.05) is 18.1 Å². The van der Waals surface area contributed by atoms with E-state index in [1.165, 1.54) is 0 Å². The Morgan fingerprint density at radius 1 is 1.16 bits per heavy atom. The van der Waals surface area contributed by atoms with Crippen LogP contribution < -0.4 is 10.6 Å². The Kier molecular flexibility index (Phi) is 5.04. The maximum absolute atomic E-state index is 12.8. The molecule has 1 atom stereocenters. The van der Waals surface area contributed by atoms with Crippen LogP contribution in [0.15, 0.2) is 0 Å². The number of hydrogen-bond acceptors (Lipinski definition) is 5. The number of urea groups is 1. The smallest absolute Gasteiger partial charge is 0.325 e. The standard InChI is InChI=1S/C16H25N3O5S/c20-13(17-12-6-9-25(23,24)11-12)10-19-14(21)16(18-15(19)22)7-4-2-1-3-5-8-16/h12H,1-11H2,(H,17,20)(H,18,22)/t12-/m0/s1. The van der Waals surface area contributed by atoms with Crippen LogP contribution in [0.2, 0.25) is 0 Å². The highest BCUT2D eigenvalue weighted by atomic mass is 32.2. The van der Waals surface area contributed by atoms with Gasteiger partial charge in [0.05, 0.1) is 11.5 Å². The number of nitrogens with zero attached hydrogens (tertiary/aromatic N) is 1. The van der Waals surface area contributed by atoms with Gasteiger partial charge in [0, 0.05) is 6.04 Å². The fourth-order valence-corrected chi connectivity index (χ4v) is 5.67. The van der Waals surface area contributed by atoms with Gasteiger partial charge in [-0.25, -0.2) is 13.2 Å². The monoisotopic (exact) mass is 371 g/mol. The van der Waals surface area contributed by atoms with E-state index in [2.05, 4.69) is 10.6 Å². The second kappa shape index (κ2) is 6.93. The van der Waals surface area contributed by atoms with Gasteiger partial charge in [0.15, 0.2) is 9.84 Å². The molecule has 3 rings (SSSR count). The predicted molar refractivity (Wildman–Crippen MR) is 90.5 cm³/mol. The summed E-state index contributed by atoms with van der Waals surface area (Å²) in [6.45, 7) is -0.358. The molecule has 3 fully saturated rings. The number of nitrogens with one attached hydrogen (secondary N) is 2. The number of amides is 4. The molecule has 1 aliphatic carbocycles. The Bertz CT molecular complexity index is 667. The van der Waals surface area contributed by atoms with Crippen molar-refractivity contribution >= 4 is 27.7 Å². The summed E-state index contributed by atoms with van der Waals surface area (Å²) in [6, 6.07) is -0.964. The molecule has 2 heterocycles. The van der Waals surface area contributed by atoms with E-state index in [4.69, 9.17) is 0 Å². The highest BCUT2D eigenvalue weighted by molar-refractivity contribution is 7.91. The second-order valence-corrected chi connectivity index (χ2v) is 9.57. The van der Waals surface area contributed by atoms with Gasteiger partial charge in [0.1, 0.15) is 12.1 Å². The Morgan fingerprint density at radius 2 is 1.80 bits per heavy atom. The molecule has 2 aliphatic heterocycles. The van der Waals surface area contributed by atoms with Crippen LogP contribution in [-0.4, -0.2) is 60.8 Å². The van der Waals surface area contributed by atoms with Crippen molar-refractivity contribution < 1.29 is 22.8 Å². The zero-order valence-electron chi connectivity index (χ0n) is 14.3. The first kappa shape index (κ1) is 18.2. The summed E-state index contributed by atoms with van der Waals surface area (Å²) in [5.74, 6) is -0.838. The average molecular weight is 371 g/mol. The van der Waals surface area contributed by atoms with E-state index in [9.17, 15) is 22.8 Å². The lowest BCUT2D eigenvalue weighted by molar-refractivity contribution is -0.135. The molecule has 0 aromatic carbocycles. The zero-order valence-corrected chi connectivity index (χ0v) is 15.1. The molecule has 3 aliphatic rings. The Morgan fingerprint density at radius 3 is 2.40 bits per heavy atom. The van der Waals surface area contributed by atoms with E-state index in [0.717, 1.165) is 37.0 Å². The van der Waals surface area contributed by atoms with Gasteiger partial charge in [-0.15, -0.1) is 0 Å². The Hall–Kier alpha value is -1.64. The fraction of sp³-hybridized carbons (Fsp3) is 0.812. The topological polar surface area (TPSA) is 113 Å². The minimum Gasteiger partial charge on any atom is -0.351 e. The Labute approximate surface area is 147 Å². The zero-order chi connectivity index (χ0) is 18.1. The number of rotatable bonds is 3. The molecule has 25 heavy (non-hydrogen) atoms. The normalized spacial score (nSPS) is 28.5. The van der Waals surface area contributed by atoms with Crippen LogP contribution >= 0.6 is 0 Å². The van der Waals surface area contributed by atoms with Gasteiger partial charge in [-0.05, 0) is 19.3 Å². The average Bonchev–Trinajstić information content (AvgIpc) is 2.95. The first-order chi connectivity index (χ1) is 11.8. The molecular weight excluding hydrogens is 346 g/mol. The van der Waals surface area contributed by atoms with Crippen LogP contribution in [0.1, 0.15) is 51.4 Å². The van der Waals surface area contributed by atoms with Crippen molar-refractivity contribution in [1.82, 2.24) is 15.5 Å². The molecule has 2 N–H and O–H groups in total. The van der Waals surface area contributed by atoms with Crippen LogP contribution in [0.3, 0.4) is 0 Å². The molecular formula is C16H25N3O5S. The lowest BCUT2D eigenvalue weighted by Gasteiger charge is -2.28. The molecule has 0 radical (unpaired) electrons. The van der Waals surface area contributed by atoms with Crippen molar-refractivity contribution in [3.05, 3.63) is 0 Å². The maximum atomic E-state index is 12.8. The number of hydrogen-bond donors (Lipinski definition) is 2. The summed E-state index contributed by atoms with van der Waals surface area (Å²) in [4.78, 5) is 38.2. The minimum atomic E-state index is -3.09. The lowest BCUT2D eigenvalue weighted by Crippen LogP contribution is -2.48. The quantitative estimate of drug-likeness (QED) is 0.694. The van der Waals surface area contributed by atoms with E-state index in [1.54, 1.807) is 0 Å². The van der Waals surface area contributed by atoms with Crippen molar-refractivity contribution in [2.24, 2.45) is 0 Å². The van der Waals surface area contributed by atoms with Gasteiger partial charge in [-0.2, -0.15) is 0 Å². The largest absolute Gasteiger partial charge is 0.351 e. The first-order valence-electron chi connectivity index (χ1n) is 8.95. The third-order valence-corrected chi connectivity index (χ3v) is 7.12. The van der Waals surface area contributed by atoms with Crippen LogP contribution in [0, 0.1) is 0 Å². The van der Waals surface area contributed by atoms with E-state index in [1.807, 2.05) is 0 Å². The minimum absolute atomic E-state index is 0.0597. The van der Waals surface area contributed by atoms with Crippen molar-refractivity contribution in [2.45, 2.75) is 62.9 Å². The predicted octanol–water partition coefficient (Wildman–Crippen LogP) is 0.325. The molecule has 0 aromatic rings. The highest BCUT2D eigenvalue weighted by Gasteiger charge is 2.50. The van der Waals surface area contributed by atoms with E-state index >= 15 is 0 Å². The first-order valence-corrected chi connectivity index (χ1v) is 10.8. The number of imide groups is 1. The summed E-state index contributed by atoms with van der Waals surface area (Å²) in [7, 11) is -3.09. The Balaban J connectivity index is 1.61. The molecule has 8 nitrogen and oxygen atoms in total. The van der Waals surface area contributed by atoms with Crippen LogP contribution in [-0.2, 0) is 19.4 Å². The summed E-state index contributed by atoms with van der Waals surface area (Å²) < 4.78 is 22.9. The molecule has 0 bridgehead atoms. The van der Waals surface area contributed by atoms with E-state index in [0.29, 0.717) is 19.3 Å². The molecule has 140 valence electrons. The van der Waals surface area contributed by atoms with Gasteiger partial charge in [-0.3, -0.25) is 14.5 Å². The maximum Gasteiger partial charge on any atom is 0.325 e. The number of carbonyl (C=O) groups excluding carboxylic acids is 3. The lowest BCUT2D eigenvalue weighted by atomic mass is 9.84. The molecule has 9 heteroatoms. The summed E-state index contributed by atoms with van der Waals surface area (Å²) in [5, 5.41) is 5.43. The molecule has 0 unspecified atom stereocenters. The van der Waals surface area contributed by atoms with Gasteiger partial charge < -0.3 is 10.6 Å². The van der Waals surface area contributed by atoms with Crippen LogP contribution in [0.4, 0.5) is 4.79 Å². The third-order valence-electron chi connectivity index (χ3n) is 5.35. The van der Waals surface area contributed by atoms with E-state index in [-0.39, 0.29) is 24.0 Å². The molecule has 4 amide bonds. The SMILES string of the molecule is O=C(CN1C(=O)NC2(CCCCCCC2)C1=O)N[C@H]1CCS(=O)(=O)C1. The van der Waals surface area contributed by atoms with Crippen molar-refractivity contribution in [3.63, 3.8) is 0 Å². The van der Waals surface area contributed by atoms with Crippen LogP contribution in [0.5, 0.6) is 0 Å². The summed E-state index contributed by atoms with van der Waals surface area (Å²) in [5.41, 5.74) is -0.867. The second-order valence-electron chi connectivity index (χ2n) is 7.34. The molecule has 0 aromatic heterocycles. The van der Waals surface area contributed by atoms with Crippen LogP contribution in [0.25, 0.3) is 0 Å². The molecule has 2 saturated heterocycles. The number of carbonyl (C=O) groups is 3. The van der Waals surface area contributed by atoms with Crippen molar-refractivity contribution in [3.8, 4) is 0 Å². The summed E-state index contributed by atoms with van der Waals surface area (Å²) >= 11 is 0. The summed E-state index contributed by atoms with van der Waals surface area (Å²) in [6.07, 6.45) is 6.58. The van der Waals surface area contributed by atoms with Crippen molar-refractivity contribution in [1.29, 1.82) is 0 Å². The fourth-order valence-electron chi connectivity index (χ4n) is 3.99. The molecule has 1 spiro atoms. The highest BCUT2D eigenvalue weighted by Crippen LogP contribution is 2.31. The van der Waals surface area contributed by atoms with Gasteiger partial charge >= 0.3 is 6.03 Å². The third kappa shape index (κ3) is 3.96. The van der Waals surface area contributed by atoms with Gasteiger partial charge in [-0.1, -0.05) is 32.1 Å². The van der Waals surface area contributed by atoms with Gasteiger partial charge in [0.2, 0.25) is 5.91 Å². The number of sulfone groups is 1. The van der Waals surface area contributed by atoms with Gasteiger partial charge in [0.25, 0.3) is 5.91 Å². The molecule has 1 saturated carbocycles.